The van der Waals surface area contributed by atoms with Crippen molar-refractivity contribution >= 4 is 0 Å². The molecule has 1 unspecified atom stereocenters. The first-order chi connectivity index (χ1) is 7.81. The lowest BCUT2D eigenvalue weighted by atomic mass is 10.1. The molecule has 16 heavy (non-hydrogen) atoms. The van der Waals surface area contributed by atoms with Crippen molar-refractivity contribution in [2.75, 3.05) is 13.1 Å². The zero-order chi connectivity index (χ0) is 11.4. The SMILES string of the molecule is C#CCNCC(C)N1Cc2ccccc2C1. The van der Waals surface area contributed by atoms with E-state index in [4.69, 9.17) is 6.42 Å². The molecule has 2 heteroatoms. The van der Waals surface area contributed by atoms with Crippen LogP contribution in [-0.2, 0) is 13.1 Å². The Morgan fingerprint density at radius 2 is 2.00 bits per heavy atom. The van der Waals surface area contributed by atoms with Crippen LogP contribution in [0.3, 0.4) is 0 Å². The van der Waals surface area contributed by atoms with Crippen LogP contribution in [0.25, 0.3) is 0 Å². The Balaban J connectivity index is 1.88. The normalized spacial score (nSPS) is 16.8. The molecule has 1 heterocycles. The number of terminal acetylenes is 1. The number of fused-ring (bicyclic) bond motifs is 1. The third-order valence-corrected chi connectivity index (χ3v) is 3.16. The Kier molecular flexibility index (Phi) is 3.61. The van der Waals surface area contributed by atoms with Gasteiger partial charge in [0.15, 0.2) is 0 Å². The topological polar surface area (TPSA) is 15.3 Å². The summed E-state index contributed by atoms with van der Waals surface area (Å²) in [6.45, 7) is 5.99. The quantitative estimate of drug-likeness (QED) is 0.605. The molecule has 0 bridgehead atoms. The van der Waals surface area contributed by atoms with Crippen molar-refractivity contribution < 1.29 is 0 Å². The van der Waals surface area contributed by atoms with Crippen LogP contribution in [-0.4, -0.2) is 24.0 Å². The van der Waals surface area contributed by atoms with Crippen molar-refractivity contribution in [3.05, 3.63) is 35.4 Å². The Hall–Kier alpha value is -1.30. The lowest BCUT2D eigenvalue weighted by molar-refractivity contribution is 0.209. The minimum absolute atomic E-state index is 0.528. The fraction of sp³-hybridized carbons (Fsp3) is 0.429. The van der Waals surface area contributed by atoms with E-state index in [1.165, 1.54) is 11.1 Å². The molecule has 0 saturated heterocycles. The van der Waals surface area contributed by atoms with Crippen molar-refractivity contribution in [1.29, 1.82) is 0 Å². The van der Waals surface area contributed by atoms with Gasteiger partial charge >= 0.3 is 0 Å². The van der Waals surface area contributed by atoms with Crippen LogP contribution in [0.15, 0.2) is 24.3 Å². The number of hydrogen-bond acceptors (Lipinski definition) is 2. The second-order valence-corrected chi connectivity index (χ2v) is 4.36. The van der Waals surface area contributed by atoms with Gasteiger partial charge in [-0.15, -0.1) is 6.42 Å². The molecule has 0 radical (unpaired) electrons. The Morgan fingerprint density at radius 1 is 1.38 bits per heavy atom. The number of benzene rings is 1. The summed E-state index contributed by atoms with van der Waals surface area (Å²) in [5, 5.41) is 3.26. The maximum Gasteiger partial charge on any atom is 0.0574 e. The molecule has 2 rings (SSSR count). The fourth-order valence-electron chi connectivity index (χ4n) is 2.15. The summed E-state index contributed by atoms with van der Waals surface area (Å²) >= 11 is 0. The Morgan fingerprint density at radius 3 is 2.56 bits per heavy atom. The molecule has 0 amide bonds. The third-order valence-electron chi connectivity index (χ3n) is 3.16. The molecule has 84 valence electrons. The van der Waals surface area contributed by atoms with Gasteiger partial charge in [0.05, 0.1) is 6.54 Å². The standard InChI is InChI=1S/C14H18N2/c1-3-8-15-9-12(2)16-10-13-6-4-5-7-14(13)11-16/h1,4-7,12,15H,8-11H2,2H3. The average Bonchev–Trinajstić information content (AvgIpc) is 2.73. The number of rotatable bonds is 4. The summed E-state index contributed by atoms with van der Waals surface area (Å²) in [6, 6.07) is 9.20. The summed E-state index contributed by atoms with van der Waals surface area (Å²) < 4.78 is 0. The molecule has 0 fully saturated rings. The van der Waals surface area contributed by atoms with Gasteiger partial charge in [0.1, 0.15) is 0 Å². The zero-order valence-electron chi connectivity index (χ0n) is 9.74. The summed E-state index contributed by atoms with van der Waals surface area (Å²) in [5.41, 5.74) is 2.93. The van der Waals surface area contributed by atoms with Gasteiger partial charge in [0, 0.05) is 25.7 Å². The highest BCUT2D eigenvalue weighted by Crippen LogP contribution is 2.23. The maximum absolute atomic E-state index is 5.21. The van der Waals surface area contributed by atoms with Crippen molar-refractivity contribution in [3.63, 3.8) is 0 Å². The highest BCUT2D eigenvalue weighted by atomic mass is 15.2. The molecule has 0 spiro atoms. The minimum atomic E-state index is 0.528. The van der Waals surface area contributed by atoms with Gasteiger partial charge < -0.3 is 5.32 Å². The van der Waals surface area contributed by atoms with E-state index >= 15 is 0 Å². The lowest BCUT2D eigenvalue weighted by Gasteiger charge is -2.23. The van der Waals surface area contributed by atoms with E-state index in [1.54, 1.807) is 0 Å². The van der Waals surface area contributed by atoms with Gasteiger partial charge in [-0.05, 0) is 18.1 Å². The second-order valence-electron chi connectivity index (χ2n) is 4.36. The molecule has 1 aromatic rings. The van der Waals surface area contributed by atoms with Crippen molar-refractivity contribution in [3.8, 4) is 12.3 Å². The van der Waals surface area contributed by atoms with Crippen LogP contribution in [0.5, 0.6) is 0 Å². The maximum atomic E-state index is 5.21. The van der Waals surface area contributed by atoms with E-state index < -0.39 is 0 Å². The highest BCUT2D eigenvalue weighted by Gasteiger charge is 2.21. The molecular weight excluding hydrogens is 196 g/mol. The van der Waals surface area contributed by atoms with Crippen LogP contribution in [0.2, 0.25) is 0 Å². The Bertz CT molecular complexity index is 367. The van der Waals surface area contributed by atoms with Crippen LogP contribution in [0.1, 0.15) is 18.1 Å². The third kappa shape index (κ3) is 2.44. The average molecular weight is 214 g/mol. The first-order valence-electron chi connectivity index (χ1n) is 5.76. The first kappa shape index (κ1) is 11.2. The summed E-state index contributed by atoms with van der Waals surface area (Å²) in [5.74, 6) is 2.60. The molecule has 2 nitrogen and oxygen atoms in total. The first-order valence-corrected chi connectivity index (χ1v) is 5.76. The number of nitrogens with zero attached hydrogens (tertiary/aromatic N) is 1. The van der Waals surface area contributed by atoms with Gasteiger partial charge in [0.2, 0.25) is 0 Å². The van der Waals surface area contributed by atoms with E-state index in [9.17, 15) is 0 Å². The van der Waals surface area contributed by atoms with Crippen molar-refractivity contribution in [2.24, 2.45) is 0 Å². The largest absolute Gasteiger partial charge is 0.305 e. The molecule has 1 atom stereocenters. The van der Waals surface area contributed by atoms with Crippen LogP contribution in [0, 0.1) is 12.3 Å². The van der Waals surface area contributed by atoms with Gasteiger partial charge in [0.25, 0.3) is 0 Å². The summed E-state index contributed by atoms with van der Waals surface area (Å²) in [7, 11) is 0. The van der Waals surface area contributed by atoms with Crippen LogP contribution < -0.4 is 5.32 Å². The number of hydrogen-bond donors (Lipinski definition) is 1. The molecule has 1 N–H and O–H groups in total. The minimum Gasteiger partial charge on any atom is -0.305 e. The molecule has 1 aliphatic heterocycles. The van der Waals surface area contributed by atoms with E-state index in [0.29, 0.717) is 12.6 Å². The molecule has 0 aliphatic carbocycles. The van der Waals surface area contributed by atoms with Gasteiger partial charge in [-0.25, -0.2) is 0 Å². The van der Waals surface area contributed by atoms with Crippen molar-refractivity contribution in [2.45, 2.75) is 26.1 Å². The van der Waals surface area contributed by atoms with Gasteiger partial charge in [-0.2, -0.15) is 0 Å². The van der Waals surface area contributed by atoms with E-state index in [1.807, 2.05) is 0 Å². The predicted octanol–water partition coefficient (Wildman–Crippen LogP) is 1.61. The molecular formula is C14H18N2. The van der Waals surface area contributed by atoms with Gasteiger partial charge in [-0.3, -0.25) is 4.90 Å². The van der Waals surface area contributed by atoms with Crippen LogP contribution >= 0.6 is 0 Å². The Labute approximate surface area is 97.7 Å². The number of nitrogens with one attached hydrogen (secondary N) is 1. The summed E-state index contributed by atoms with van der Waals surface area (Å²) in [6.07, 6.45) is 5.21. The smallest absolute Gasteiger partial charge is 0.0574 e. The molecule has 0 aromatic heterocycles. The summed E-state index contributed by atoms with van der Waals surface area (Å²) in [4.78, 5) is 2.48. The predicted molar refractivity (Wildman–Crippen MR) is 66.9 cm³/mol. The second kappa shape index (κ2) is 5.16. The monoisotopic (exact) mass is 214 g/mol. The highest BCUT2D eigenvalue weighted by molar-refractivity contribution is 5.30. The van der Waals surface area contributed by atoms with E-state index in [2.05, 4.69) is 47.3 Å². The lowest BCUT2D eigenvalue weighted by Crippen LogP contribution is -2.37. The molecule has 1 aliphatic rings. The fourth-order valence-corrected chi connectivity index (χ4v) is 2.15. The van der Waals surface area contributed by atoms with Gasteiger partial charge in [-0.1, -0.05) is 30.2 Å². The van der Waals surface area contributed by atoms with E-state index in [0.717, 1.165) is 19.6 Å². The zero-order valence-corrected chi connectivity index (χ0v) is 9.74. The van der Waals surface area contributed by atoms with E-state index in [-0.39, 0.29) is 0 Å². The van der Waals surface area contributed by atoms with Crippen molar-refractivity contribution in [1.82, 2.24) is 10.2 Å². The van der Waals surface area contributed by atoms with Crippen LogP contribution in [0.4, 0.5) is 0 Å². The molecule has 0 saturated carbocycles. The molecule has 1 aromatic carbocycles.